The Morgan fingerprint density at radius 1 is 1.08 bits per heavy atom. The number of aryl methyl sites for hydroxylation is 1. The van der Waals surface area contributed by atoms with Gasteiger partial charge in [-0.15, -0.1) is 0 Å². The van der Waals surface area contributed by atoms with E-state index in [9.17, 15) is 8.42 Å². The van der Waals surface area contributed by atoms with Crippen LogP contribution in [0.15, 0.2) is 51.8 Å². The number of hydrogen-bond donors (Lipinski definition) is 2. The molecule has 0 aromatic heterocycles. The molecule has 8 heteroatoms. The van der Waals surface area contributed by atoms with Gasteiger partial charge >= 0.3 is 0 Å². The highest BCUT2D eigenvalue weighted by Gasteiger charge is 2.18. The summed E-state index contributed by atoms with van der Waals surface area (Å²) in [7, 11) is -0.487. The van der Waals surface area contributed by atoms with Crippen molar-refractivity contribution in [2.24, 2.45) is 0 Å². The number of sulfonamides is 1. The predicted molar refractivity (Wildman–Crippen MR) is 106 cm³/mol. The van der Waals surface area contributed by atoms with Crippen LogP contribution in [0.2, 0.25) is 0 Å². The molecule has 0 aliphatic heterocycles. The molecule has 0 amide bonds. The summed E-state index contributed by atoms with van der Waals surface area (Å²) in [4.78, 5) is 0.215. The number of rotatable bonds is 4. The molecule has 2 rings (SSSR count). The molecule has 0 atom stereocenters. The lowest BCUT2D eigenvalue weighted by atomic mass is 10.2. The summed E-state index contributed by atoms with van der Waals surface area (Å²) in [6.07, 6.45) is 0. The monoisotopic (exact) mass is 427 g/mol. The summed E-state index contributed by atoms with van der Waals surface area (Å²) in [5.74, 6) is 0. The van der Waals surface area contributed by atoms with Crippen molar-refractivity contribution in [3.63, 3.8) is 0 Å². The Morgan fingerprint density at radius 3 is 2.29 bits per heavy atom. The van der Waals surface area contributed by atoms with Crippen LogP contribution in [0.1, 0.15) is 5.56 Å². The largest absolute Gasteiger partial charge is 0.332 e. The first-order valence-electron chi connectivity index (χ1n) is 7.07. The van der Waals surface area contributed by atoms with E-state index in [0.717, 1.165) is 15.7 Å². The van der Waals surface area contributed by atoms with Crippen molar-refractivity contribution in [1.29, 1.82) is 0 Å². The van der Waals surface area contributed by atoms with Gasteiger partial charge in [0.25, 0.3) is 0 Å². The summed E-state index contributed by atoms with van der Waals surface area (Å²) in [6, 6.07) is 12.5. The molecule has 0 saturated carbocycles. The third-order valence-corrected chi connectivity index (χ3v) is 5.88. The lowest BCUT2D eigenvalue weighted by molar-refractivity contribution is 0.521. The maximum atomic E-state index is 12.2. The zero-order chi connectivity index (χ0) is 17.9. The fourth-order valence-electron chi connectivity index (χ4n) is 1.92. The molecule has 0 unspecified atom stereocenters. The second-order valence-corrected chi connectivity index (χ2v) is 8.83. The van der Waals surface area contributed by atoms with E-state index in [0.29, 0.717) is 10.8 Å². The SMILES string of the molecule is Cc1ccc(S(=O)(=O)N(C)C)cc1NC(=S)Nc1ccc(Br)cc1. The minimum atomic E-state index is -3.49. The van der Waals surface area contributed by atoms with Crippen molar-refractivity contribution in [2.45, 2.75) is 11.8 Å². The van der Waals surface area contributed by atoms with Gasteiger partial charge in [-0.05, 0) is 61.1 Å². The predicted octanol–water partition coefficient (Wildman–Crippen LogP) is 3.82. The molecular weight excluding hydrogens is 410 g/mol. The van der Waals surface area contributed by atoms with Crippen LogP contribution in [0.25, 0.3) is 0 Å². The van der Waals surface area contributed by atoms with Gasteiger partial charge in [0.05, 0.1) is 4.90 Å². The van der Waals surface area contributed by atoms with Crippen LogP contribution in [-0.4, -0.2) is 31.9 Å². The number of thiocarbonyl (C=S) groups is 1. The maximum absolute atomic E-state index is 12.2. The van der Waals surface area contributed by atoms with Crippen LogP contribution in [0.5, 0.6) is 0 Å². The molecular formula is C16H18BrN3O2S2. The summed E-state index contributed by atoms with van der Waals surface area (Å²) >= 11 is 8.68. The van der Waals surface area contributed by atoms with Crippen molar-refractivity contribution < 1.29 is 8.42 Å². The third-order valence-electron chi connectivity index (χ3n) is 3.34. The highest BCUT2D eigenvalue weighted by molar-refractivity contribution is 9.10. The zero-order valence-electron chi connectivity index (χ0n) is 13.5. The number of hydrogen-bond acceptors (Lipinski definition) is 3. The van der Waals surface area contributed by atoms with Crippen LogP contribution in [-0.2, 0) is 10.0 Å². The molecule has 0 saturated heterocycles. The lowest BCUT2D eigenvalue weighted by Crippen LogP contribution is -2.23. The van der Waals surface area contributed by atoms with E-state index in [4.69, 9.17) is 12.2 Å². The number of benzene rings is 2. The average Bonchev–Trinajstić information content (AvgIpc) is 2.51. The van der Waals surface area contributed by atoms with Crippen molar-refractivity contribution in [1.82, 2.24) is 4.31 Å². The van der Waals surface area contributed by atoms with E-state index in [1.807, 2.05) is 31.2 Å². The number of nitrogens with zero attached hydrogens (tertiary/aromatic N) is 1. The third kappa shape index (κ3) is 4.54. The lowest BCUT2D eigenvalue weighted by Gasteiger charge is -2.16. The van der Waals surface area contributed by atoms with Crippen molar-refractivity contribution in [2.75, 3.05) is 24.7 Å². The van der Waals surface area contributed by atoms with E-state index in [-0.39, 0.29) is 4.90 Å². The van der Waals surface area contributed by atoms with Crippen LogP contribution in [0.4, 0.5) is 11.4 Å². The standard InChI is InChI=1S/C16H18BrN3O2S2/c1-11-4-9-14(24(21,22)20(2)3)10-15(11)19-16(23)18-13-7-5-12(17)6-8-13/h4-10H,1-3H3,(H2,18,19,23). The Hall–Kier alpha value is -1.48. The van der Waals surface area contributed by atoms with E-state index in [2.05, 4.69) is 26.6 Å². The summed E-state index contributed by atoms with van der Waals surface area (Å²) in [5.41, 5.74) is 2.38. The topological polar surface area (TPSA) is 61.4 Å². The minimum absolute atomic E-state index is 0.215. The first-order valence-corrected chi connectivity index (χ1v) is 9.71. The second-order valence-electron chi connectivity index (χ2n) is 5.35. The molecule has 0 aliphatic rings. The smallest absolute Gasteiger partial charge is 0.242 e. The fraction of sp³-hybridized carbons (Fsp3) is 0.188. The molecule has 0 heterocycles. The zero-order valence-corrected chi connectivity index (χ0v) is 16.7. The highest BCUT2D eigenvalue weighted by Crippen LogP contribution is 2.22. The van der Waals surface area contributed by atoms with Gasteiger partial charge in [-0.25, -0.2) is 12.7 Å². The Kier molecular flexibility index (Phi) is 5.97. The quantitative estimate of drug-likeness (QED) is 0.726. The maximum Gasteiger partial charge on any atom is 0.242 e. The van der Waals surface area contributed by atoms with Gasteiger partial charge in [0, 0.05) is 29.9 Å². The van der Waals surface area contributed by atoms with Crippen molar-refractivity contribution >= 4 is 54.7 Å². The van der Waals surface area contributed by atoms with Gasteiger partial charge in [0.2, 0.25) is 10.0 Å². The van der Waals surface area contributed by atoms with Gasteiger partial charge in [-0.1, -0.05) is 22.0 Å². The molecule has 0 aliphatic carbocycles. The van der Waals surface area contributed by atoms with E-state index in [1.54, 1.807) is 18.2 Å². The molecule has 128 valence electrons. The Balaban J connectivity index is 2.20. The first kappa shape index (κ1) is 18.9. The van der Waals surface area contributed by atoms with Crippen LogP contribution in [0.3, 0.4) is 0 Å². The second kappa shape index (κ2) is 7.60. The molecule has 24 heavy (non-hydrogen) atoms. The summed E-state index contributed by atoms with van der Waals surface area (Å²) in [5, 5.41) is 6.50. The molecule has 0 spiro atoms. The van der Waals surface area contributed by atoms with Crippen molar-refractivity contribution in [3.8, 4) is 0 Å². The van der Waals surface area contributed by atoms with Gasteiger partial charge in [0.15, 0.2) is 5.11 Å². The van der Waals surface area contributed by atoms with Crippen LogP contribution in [0, 0.1) is 6.92 Å². The summed E-state index contributed by atoms with van der Waals surface area (Å²) < 4.78 is 26.7. The number of halogens is 1. The molecule has 0 bridgehead atoms. The normalized spacial score (nSPS) is 11.4. The number of nitrogens with one attached hydrogen (secondary N) is 2. The van der Waals surface area contributed by atoms with E-state index < -0.39 is 10.0 Å². The number of anilines is 2. The van der Waals surface area contributed by atoms with E-state index in [1.165, 1.54) is 18.4 Å². The van der Waals surface area contributed by atoms with Gasteiger partial charge < -0.3 is 10.6 Å². The van der Waals surface area contributed by atoms with Crippen LogP contribution >= 0.6 is 28.1 Å². The minimum Gasteiger partial charge on any atom is -0.332 e. The molecule has 2 aromatic carbocycles. The molecule has 2 aromatic rings. The summed E-state index contributed by atoms with van der Waals surface area (Å²) in [6.45, 7) is 1.89. The average molecular weight is 428 g/mol. The van der Waals surface area contributed by atoms with Gasteiger partial charge in [-0.3, -0.25) is 0 Å². The van der Waals surface area contributed by atoms with Gasteiger partial charge in [0.1, 0.15) is 0 Å². The van der Waals surface area contributed by atoms with Crippen LogP contribution < -0.4 is 10.6 Å². The van der Waals surface area contributed by atoms with Gasteiger partial charge in [-0.2, -0.15) is 0 Å². The first-order chi connectivity index (χ1) is 11.2. The highest BCUT2D eigenvalue weighted by atomic mass is 79.9. The molecule has 0 radical (unpaired) electrons. The Morgan fingerprint density at radius 2 is 1.71 bits per heavy atom. The van der Waals surface area contributed by atoms with E-state index >= 15 is 0 Å². The van der Waals surface area contributed by atoms with Crippen molar-refractivity contribution in [3.05, 3.63) is 52.5 Å². The molecule has 2 N–H and O–H groups in total. The Labute approximate surface area is 156 Å². The Bertz CT molecular complexity index is 850. The fourth-order valence-corrected chi connectivity index (χ4v) is 3.35. The molecule has 5 nitrogen and oxygen atoms in total. The molecule has 0 fully saturated rings.